The van der Waals surface area contributed by atoms with Crippen molar-refractivity contribution < 1.29 is 182 Å². The molecule has 0 fully saturated rings. The number of guanidine groups is 1. The van der Waals surface area contributed by atoms with Crippen LogP contribution < -0.4 is 145 Å². The number of nitrogens with zero attached hydrogens (tertiary/aromatic N) is 7. The Bertz CT molecular complexity index is 3850. The van der Waals surface area contributed by atoms with Crippen molar-refractivity contribution >= 4 is 143 Å². The Kier molecular flexibility index (Phi) is 22.0. The van der Waals surface area contributed by atoms with Gasteiger partial charge in [-0.15, -0.1) is 15.3 Å². The predicted octanol–water partition coefficient (Wildman–Crippen LogP) is -5.51. The van der Waals surface area contributed by atoms with Gasteiger partial charge in [0.05, 0.1) is 59.3 Å². The maximum atomic E-state index is 12.6. The van der Waals surface area contributed by atoms with E-state index in [0.29, 0.717) is 5.39 Å². The Morgan fingerprint density at radius 1 is 0.743 bits per heavy atom. The van der Waals surface area contributed by atoms with Gasteiger partial charge in [-0.25, -0.2) is 30.2 Å². The summed E-state index contributed by atoms with van der Waals surface area (Å²) >= 11 is 6.38. The summed E-state index contributed by atoms with van der Waals surface area (Å²) in [6.07, 6.45) is -1.39. The van der Waals surface area contributed by atoms with Crippen LogP contribution in [-0.4, -0.2) is 66.5 Å². The number of phenols is 1. The number of anilines is 3. The van der Waals surface area contributed by atoms with Crippen LogP contribution in [0.4, 0.5) is 45.5 Å². The number of benzene rings is 7. The van der Waals surface area contributed by atoms with Crippen molar-refractivity contribution in [3.63, 3.8) is 0 Å². The number of nitro benzene ring substituents is 1. The summed E-state index contributed by atoms with van der Waals surface area (Å²) in [5, 5.41) is 62.3. The molecule has 7 aromatic rings. The number of aromatic hydroxyl groups is 1. The molecule has 1 aliphatic heterocycles. The number of phenolic OH excluding ortho intramolecular Hbond substituents is 1. The normalized spacial score (nSPS) is 13.8. The van der Waals surface area contributed by atoms with Crippen molar-refractivity contribution in [2.75, 3.05) is 16.4 Å². The zero-order chi connectivity index (χ0) is 50.3. The van der Waals surface area contributed by atoms with Crippen LogP contribution in [0.2, 0.25) is 0 Å². The molecular weight excluding hydrogens is 1120 g/mol. The molecule has 6 N–H and O–H groups in total. The molecule has 0 saturated carbocycles. The van der Waals surface area contributed by atoms with Gasteiger partial charge >= 0.3 is 118 Å². The van der Waals surface area contributed by atoms with Crippen LogP contribution in [0, 0.1) is 10.1 Å². The van der Waals surface area contributed by atoms with Crippen LogP contribution in [0.15, 0.2) is 153 Å². The number of nitrogens with two attached hydrogens (primary N) is 1. The molecule has 0 bridgehead atoms. The average Bonchev–Trinajstić information content (AvgIpc) is 3.29. The summed E-state index contributed by atoms with van der Waals surface area (Å²) in [4.78, 5) is 16.7. The van der Waals surface area contributed by atoms with Crippen LogP contribution in [0.3, 0.4) is 0 Å². The van der Waals surface area contributed by atoms with Gasteiger partial charge in [0.15, 0.2) is 12.0 Å². The molecule has 0 aromatic heterocycles. The van der Waals surface area contributed by atoms with Gasteiger partial charge in [0.1, 0.15) is 41.7 Å². The smallest absolute Gasteiger partial charge is 0.744 e. The molecule has 26 nitrogen and oxygen atoms in total. The number of hydrogen-bond donors (Lipinski definition) is 5. The van der Waals surface area contributed by atoms with E-state index in [1.54, 1.807) is 6.07 Å². The van der Waals surface area contributed by atoms with E-state index in [1.165, 1.54) is 54.6 Å². The van der Waals surface area contributed by atoms with Gasteiger partial charge in [0, 0.05) is 27.9 Å². The standard InChI is InChI=1S/C39H28ClN11O15S4.4Na/c40-37-44-38(42-20-5-9-27(41)31(15-20)51(53)54)46-39(45-37)43-30-17-25-19(14-34(30)70(62,63)64)13-32(67-66-65-55)35(36(25)52)50-49-29-11-10-28(24-8-6-22(16-26(24)29)68(56,57)58)48-47-21-4-7-23-18(12-21)2-1-3-33(23)69(59,60)61;;;;/h1-17,39,43,52,55H,41H2,(H,56,57,58)(H,59,60,61)(H,62,63,64)(H2,42,44,45,46);;;;/q;4*+1/p-4. The van der Waals surface area contributed by atoms with E-state index in [9.17, 15) is 59.4 Å². The summed E-state index contributed by atoms with van der Waals surface area (Å²) < 4.78 is 114. The number of fused-ring (bicyclic) bond motifs is 3. The van der Waals surface area contributed by atoms with Crippen molar-refractivity contribution in [3.8, 4) is 5.75 Å². The number of halogens is 1. The van der Waals surface area contributed by atoms with Gasteiger partial charge in [-0.3, -0.25) is 15.2 Å². The van der Waals surface area contributed by atoms with Gasteiger partial charge in [-0.05, 0) is 101 Å². The molecule has 360 valence electrons. The first-order chi connectivity index (χ1) is 33.1. The van der Waals surface area contributed by atoms with Gasteiger partial charge < -0.3 is 45.7 Å². The molecule has 1 heterocycles. The molecular formula is C39H24ClN11Na4O15S4. The fourth-order valence-corrected chi connectivity index (χ4v) is 9.41. The molecule has 74 heavy (non-hydrogen) atoms. The topological polar surface area (TPSA) is 413 Å². The number of hydrogen-bond acceptors (Lipinski definition) is 26. The summed E-state index contributed by atoms with van der Waals surface area (Å²) in [5.74, 6) is -0.998. The van der Waals surface area contributed by atoms with Crippen molar-refractivity contribution in [2.24, 2.45) is 30.4 Å². The van der Waals surface area contributed by atoms with Crippen LogP contribution in [0.25, 0.3) is 32.3 Å². The molecule has 1 atom stereocenters. The summed E-state index contributed by atoms with van der Waals surface area (Å²) in [7, 11) is -15.2. The third-order valence-corrected chi connectivity index (χ3v) is 13.3. The summed E-state index contributed by atoms with van der Waals surface area (Å²) in [6, 6.07) is 21.0. The Morgan fingerprint density at radius 2 is 1.42 bits per heavy atom. The fourth-order valence-electron chi connectivity index (χ4n) is 6.87. The second kappa shape index (κ2) is 25.8. The van der Waals surface area contributed by atoms with Crippen molar-refractivity contribution in [1.29, 1.82) is 0 Å². The molecule has 1 aliphatic rings. The molecule has 8 rings (SSSR count). The van der Waals surface area contributed by atoms with E-state index in [-0.39, 0.29) is 202 Å². The second-order valence-electron chi connectivity index (χ2n) is 14.3. The van der Waals surface area contributed by atoms with Crippen molar-refractivity contribution in [1.82, 2.24) is 5.32 Å². The molecule has 7 aromatic carbocycles. The third-order valence-electron chi connectivity index (χ3n) is 9.91. The van der Waals surface area contributed by atoms with Crippen LogP contribution >= 0.6 is 23.6 Å². The minimum atomic E-state index is -5.33. The summed E-state index contributed by atoms with van der Waals surface area (Å²) in [6.45, 7) is 0. The van der Waals surface area contributed by atoms with Gasteiger partial charge in [0.2, 0.25) is 11.3 Å². The Balaban J connectivity index is 0.00000296. The molecule has 0 aliphatic carbocycles. The number of nitrogen functional groups attached to an aromatic ring is 1. The van der Waals surface area contributed by atoms with E-state index in [4.69, 9.17) is 17.3 Å². The monoisotopic (exact) mass is 1140 g/mol. The first kappa shape index (κ1) is 63.0. The van der Waals surface area contributed by atoms with E-state index in [0.717, 1.165) is 42.5 Å². The Hall–Kier alpha value is -3.49. The maximum Gasteiger partial charge on any atom is 1.00 e. The second-order valence-corrected chi connectivity index (χ2v) is 19.5. The number of nitrogens with one attached hydrogen (secondary N) is 3. The molecule has 35 heteroatoms. The average molecular weight is 1140 g/mol. The van der Waals surface area contributed by atoms with Crippen LogP contribution in [0.1, 0.15) is 0 Å². The fraction of sp³-hybridized carbons (Fsp3) is 0.0256. The first-order valence-electron chi connectivity index (χ1n) is 19.0. The molecule has 0 spiro atoms. The number of rotatable bonds is 14. The van der Waals surface area contributed by atoms with Crippen LogP contribution in [-0.2, 0) is 39.7 Å². The van der Waals surface area contributed by atoms with E-state index >= 15 is 0 Å². The minimum absolute atomic E-state index is 0. The first-order valence-corrected chi connectivity index (χ1v) is 24.4. The van der Waals surface area contributed by atoms with E-state index < -0.39 is 79.1 Å². The Morgan fingerprint density at radius 3 is 2.08 bits per heavy atom. The van der Waals surface area contributed by atoms with E-state index in [2.05, 4.69) is 55.8 Å². The largest absolute Gasteiger partial charge is 1.00 e. The van der Waals surface area contributed by atoms with Crippen molar-refractivity contribution in [2.45, 2.75) is 25.9 Å². The van der Waals surface area contributed by atoms with Crippen LogP contribution in [0.5, 0.6) is 5.75 Å². The van der Waals surface area contributed by atoms with Gasteiger partial charge in [-0.2, -0.15) is 14.4 Å². The van der Waals surface area contributed by atoms with Gasteiger partial charge in [0.25, 0.3) is 5.69 Å². The number of aliphatic imine (C=N–C) groups is 2. The molecule has 1 unspecified atom stereocenters. The Labute approximate surface area is 515 Å². The zero-order valence-corrected chi connectivity index (χ0v) is 50.3. The molecule has 0 radical (unpaired) electrons. The van der Waals surface area contributed by atoms with Crippen molar-refractivity contribution in [3.05, 3.63) is 113 Å². The quantitative estimate of drug-likeness (QED) is 0.00780. The molecule has 0 amide bonds. The minimum Gasteiger partial charge on any atom is -0.744 e. The maximum absolute atomic E-state index is 12.6. The van der Waals surface area contributed by atoms with Gasteiger partial charge in [-0.1, -0.05) is 24.3 Å². The molecule has 0 saturated heterocycles. The number of azo groups is 2. The summed E-state index contributed by atoms with van der Waals surface area (Å²) in [5.41, 5.74) is 4.50. The zero-order valence-electron chi connectivity index (χ0n) is 38.3. The SMILES string of the molecule is Nc1ccc(NC2=NC(Nc3cc4c(O)c(N=Nc5ccc(N=Nc6ccc7c(S(=O)(=O)[O-])cccc7c6)c6ccc(S(=O)(=O)[O-])cc56)c(SOO[O-])cc4cc3S(=O)(=O)[O-])NC(Cl)=N2)cc1[N+](=O)[O-].[Na+].[Na+].[Na+].[Na+]. The van der Waals surface area contributed by atoms with E-state index in [1.807, 2.05) is 0 Å². The number of amidine groups is 1. The number of nitro groups is 1. The third kappa shape index (κ3) is 14.5. The predicted molar refractivity (Wildman–Crippen MR) is 246 cm³/mol.